The van der Waals surface area contributed by atoms with E-state index >= 15 is 0 Å². The third-order valence-electron chi connectivity index (χ3n) is 7.74. The van der Waals surface area contributed by atoms with E-state index in [1.54, 1.807) is 0 Å². The summed E-state index contributed by atoms with van der Waals surface area (Å²) >= 11 is 0. The first-order valence-corrected chi connectivity index (χ1v) is 14.7. The normalized spacial score (nSPS) is 18.2. The lowest BCUT2D eigenvalue weighted by molar-refractivity contribution is 0.0691. The zero-order valence-corrected chi connectivity index (χ0v) is 25.6. The molecule has 0 aliphatic carbocycles. The van der Waals surface area contributed by atoms with Crippen LogP contribution in [0.5, 0.6) is 0 Å². The number of amidine groups is 1. The van der Waals surface area contributed by atoms with Crippen molar-refractivity contribution in [3.8, 4) is 0 Å². The van der Waals surface area contributed by atoms with Crippen LogP contribution in [-0.4, -0.2) is 83.7 Å². The summed E-state index contributed by atoms with van der Waals surface area (Å²) in [5.74, 6) is 1.37. The van der Waals surface area contributed by atoms with E-state index in [0.29, 0.717) is 19.0 Å². The van der Waals surface area contributed by atoms with E-state index in [4.69, 9.17) is 4.99 Å². The van der Waals surface area contributed by atoms with Crippen LogP contribution >= 0.6 is 0 Å². The lowest BCUT2D eigenvalue weighted by Gasteiger charge is -2.38. The molecule has 2 aliphatic heterocycles. The van der Waals surface area contributed by atoms with Gasteiger partial charge in [-0.2, -0.15) is 0 Å². The van der Waals surface area contributed by atoms with E-state index in [2.05, 4.69) is 91.1 Å². The molecular weight excluding hydrogens is 494 g/mol. The highest BCUT2D eigenvalue weighted by atomic mass is 16.2. The van der Waals surface area contributed by atoms with Crippen molar-refractivity contribution in [1.29, 1.82) is 0 Å². The van der Waals surface area contributed by atoms with Gasteiger partial charge in [-0.05, 0) is 68.5 Å². The van der Waals surface area contributed by atoms with Gasteiger partial charge in [0.2, 0.25) is 0 Å². The lowest BCUT2D eigenvalue weighted by atomic mass is 10.0. The third kappa shape index (κ3) is 8.07. The Labute approximate surface area is 242 Å². The van der Waals surface area contributed by atoms with Crippen LogP contribution in [0, 0.1) is 12.8 Å². The number of piperazine rings is 2. The van der Waals surface area contributed by atoms with Crippen molar-refractivity contribution in [2.45, 2.75) is 48.1 Å². The van der Waals surface area contributed by atoms with Crippen LogP contribution in [0.1, 0.15) is 56.1 Å². The molecule has 1 aromatic carbocycles. The minimum Gasteiger partial charge on any atom is -0.369 e. The molecule has 0 spiro atoms. The minimum absolute atomic E-state index is 0.123. The predicted octanol–water partition coefficient (Wildman–Crippen LogP) is 6.05. The van der Waals surface area contributed by atoms with Crippen molar-refractivity contribution in [2.75, 3.05) is 52.4 Å². The molecule has 2 aliphatic rings. The molecule has 0 aromatic heterocycles. The topological polar surface area (TPSA) is 42.4 Å². The van der Waals surface area contributed by atoms with Crippen molar-refractivity contribution in [2.24, 2.45) is 10.9 Å². The number of hydrogen-bond donors (Lipinski definition) is 0. The van der Waals surface area contributed by atoms with Crippen molar-refractivity contribution >= 4 is 11.7 Å². The van der Waals surface area contributed by atoms with Gasteiger partial charge in [0.25, 0.3) is 5.91 Å². The molecule has 40 heavy (non-hydrogen) atoms. The van der Waals surface area contributed by atoms with E-state index in [1.165, 1.54) is 11.3 Å². The summed E-state index contributed by atoms with van der Waals surface area (Å²) in [4.78, 5) is 27.6. The highest BCUT2D eigenvalue weighted by Crippen LogP contribution is 2.21. The Morgan fingerprint density at radius 2 is 1.62 bits per heavy atom. The van der Waals surface area contributed by atoms with Crippen LogP contribution in [-0.2, 0) is 6.54 Å². The van der Waals surface area contributed by atoms with Crippen molar-refractivity contribution in [1.82, 2.24) is 19.6 Å². The number of benzene rings is 1. The number of carbonyl (C=O) groups excluding carboxylic acids is 1. The van der Waals surface area contributed by atoms with Crippen LogP contribution < -0.4 is 0 Å². The molecule has 0 atom stereocenters. The molecule has 216 valence electrons. The Bertz CT molecular complexity index is 1170. The Kier molecular flexibility index (Phi) is 11.6. The van der Waals surface area contributed by atoms with Gasteiger partial charge < -0.3 is 14.7 Å². The number of carbonyl (C=O) groups is 1. The Morgan fingerprint density at radius 3 is 2.17 bits per heavy atom. The molecule has 3 rings (SSSR count). The van der Waals surface area contributed by atoms with Gasteiger partial charge in [-0.25, -0.2) is 4.99 Å². The van der Waals surface area contributed by atoms with Crippen molar-refractivity contribution in [3.05, 3.63) is 95.4 Å². The summed E-state index contributed by atoms with van der Waals surface area (Å²) in [6.07, 6.45) is 10.2. The first-order chi connectivity index (χ1) is 19.2. The zero-order chi connectivity index (χ0) is 29.2. The van der Waals surface area contributed by atoms with Crippen LogP contribution in [0.15, 0.2) is 83.7 Å². The average Bonchev–Trinajstić information content (AvgIpc) is 2.95. The molecule has 0 radical (unpaired) electrons. The fraction of sp³-hybridized carbons (Fsp3) is 0.471. The molecule has 6 heteroatoms. The number of aliphatic imine (C=N–C) groups is 1. The Morgan fingerprint density at radius 1 is 1.00 bits per heavy atom. The summed E-state index contributed by atoms with van der Waals surface area (Å²) in [7, 11) is 0. The number of allylic oxidation sites excluding steroid dienone is 6. The Balaban J connectivity index is 1.61. The summed E-state index contributed by atoms with van der Waals surface area (Å²) in [6.45, 7) is 28.3. The van der Waals surface area contributed by atoms with Crippen molar-refractivity contribution in [3.63, 3.8) is 0 Å². The fourth-order valence-electron chi connectivity index (χ4n) is 5.32. The molecule has 1 amide bonds. The van der Waals surface area contributed by atoms with Gasteiger partial charge in [0.05, 0.1) is 0 Å². The van der Waals surface area contributed by atoms with Gasteiger partial charge in [-0.15, -0.1) is 0 Å². The molecule has 2 heterocycles. The second-order valence-corrected chi connectivity index (χ2v) is 11.1. The SMILES string of the molecule is C=C/C(=N\C(=C/C)C(C)C)N1CCN(C(=O)c2cc(CN3CCN(/C(=C/C=C\C)C(=C)C)CC3)ccc2C)CC1. The van der Waals surface area contributed by atoms with Gasteiger partial charge >= 0.3 is 0 Å². The molecule has 2 saturated heterocycles. The number of rotatable bonds is 9. The zero-order valence-electron chi connectivity index (χ0n) is 25.6. The summed E-state index contributed by atoms with van der Waals surface area (Å²) < 4.78 is 0. The fourth-order valence-corrected chi connectivity index (χ4v) is 5.32. The summed E-state index contributed by atoms with van der Waals surface area (Å²) in [6, 6.07) is 6.38. The maximum absolute atomic E-state index is 13.6. The first-order valence-electron chi connectivity index (χ1n) is 14.7. The van der Waals surface area contributed by atoms with Crippen LogP contribution in [0.3, 0.4) is 0 Å². The smallest absolute Gasteiger partial charge is 0.254 e. The van der Waals surface area contributed by atoms with E-state index in [1.807, 2.05) is 31.7 Å². The molecule has 0 unspecified atom stereocenters. The molecule has 0 saturated carbocycles. The highest BCUT2D eigenvalue weighted by molar-refractivity contribution is 5.96. The second-order valence-electron chi connectivity index (χ2n) is 11.1. The van der Waals surface area contributed by atoms with Gasteiger partial charge in [-0.3, -0.25) is 9.69 Å². The third-order valence-corrected chi connectivity index (χ3v) is 7.74. The van der Waals surface area contributed by atoms with Gasteiger partial charge in [0, 0.05) is 75.9 Å². The lowest BCUT2D eigenvalue weighted by Crippen LogP contribution is -2.50. The first kappa shape index (κ1) is 31.2. The second kappa shape index (κ2) is 14.8. The van der Waals surface area contributed by atoms with Crippen LogP contribution in [0.25, 0.3) is 0 Å². The quantitative estimate of drug-likeness (QED) is 0.216. The van der Waals surface area contributed by atoms with Gasteiger partial charge in [0.15, 0.2) is 0 Å². The average molecular weight is 544 g/mol. The number of aryl methyl sites for hydroxylation is 1. The van der Waals surface area contributed by atoms with Gasteiger partial charge in [0.1, 0.15) is 5.84 Å². The predicted molar refractivity (Wildman–Crippen MR) is 169 cm³/mol. The Hall–Kier alpha value is -3.38. The molecular formula is C34H49N5O. The standard InChI is InChI=1S/C34H49N5O/c1-9-12-13-32(27(6)7)37-18-16-36(17-19-37)25-29-15-14-28(8)30(24-29)34(40)39-22-20-38(21-23-39)33(11-3)35-31(10-2)26(4)5/h9-15,24,26H,3,6,16-23,25H2,1-2,4-5,7-8H3/b12-9-,31-10-,32-13+,35-33+. The van der Waals surface area contributed by atoms with E-state index < -0.39 is 0 Å². The van der Waals surface area contributed by atoms with Gasteiger partial charge in [-0.1, -0.05) is 57.4 Å². The largest absolute Gasteiger partial charge is 0.369 e. The maximum atomic E-state index is 13.6. The molecule has 0 N–H and O–H groups in total. The summed E-state index contributed by atoms with van der Waals surface area (Å²) in [5.41, 5.74) is 6.42. The molecule has 1 aromatic rings. The highest BCUT2D eigenvalue weighted by Gasteiger charge is 2.25. The minimum atomic E-state index is 0.123. The number of amides is 1. The number of hydrogen-bond acceptors (Lipinski definition) is 4. The van der Waals surface area contributed by atoms with E-state index in [-0.39, 0.29) is 5.91 Å². The van der Waals surface area contributed by atoms with Crippen LogP contribution in [0.4, 0.5) is 0 Å². The molecule has 2 fully saturated rings. The summed E-state index contributed by atoms with van der Waals surface area (Å²) in [5, 5.41) is 0. The van der Waals surface area contributed by atoms with Crippen LogP contribution in [0.2, 0.25) is 0 Å². The van der Waals surface area contributed by atoms with Crippen molar-refractivity contribution < 1.29 is 4.79 Å². The monoisotopic (exact) mass is 543 g/mol. The molecule has 6 nitrogen and oxygen atoms in total. The number of nitrogens with zero attached hydrogens (tertiary/aromatic N) is 5. The molecule has 0 bridgehead atoms. The maximum Gasteiger partial charge on any atom is 0.254 e. The van der Waals surface area contributed by atoms with E-state index in [0.717, 1.165) is 74.0 Å². The van der Waals surface area contributed by atoms with E-state index in [9.17, 15) is 4.79 Å².